The van der Waals surface area contributed by atoms with Gasteiger partial charge in [-0.2, -0.15) is 5.10 Å². The number of rotatable bonds is 4. The first-order chi connectivity index (χ1) is 11.0. The number of amides is 4. The van der Waals surface area contributed by atoms with Crippen molar-refractivity contribution < 1.29 is 14.4 Å². The maximum Gasteiger partial charge on any atom is 0.322 e. The minimum atomic E-state index is -0.736. The summed E-state index contributed by atoms with van der Waals surface area (Å²) in [7, 11) is 0. The average molecular weight is 319 g/mol. The summed E-state index contributed by atoms with van der Waals surface area (Å²) in [6.45, 7) is 4.26. The van der Waals surface area contributed by atoms with Crippen LogP contribution in [0.2, 0.25) is 0 Å². The molecule has 3 rings (SSSR count). The number of likely N-dealkylation sites (tertiary alicyclic amines) is 1. The number of nitrogens with one attached hydrogen (secondary N) is 2. The van der Waals surface area contributed by atoms with Crippen molar-refractivity contribution >= 4 is 17.8 Å². The van der Waals surface area contributed by atoms with Crippen molar-refractivity contribution in [2.75, 3.05) is 13.1 Å². The van der Waals surface area contributed by atoms with Crippen molar-refractivity contribution in [2.45, 2.75) is 38.8 Å². The van der Waals surface area contributed by atoms with Crippen LogP contribution in [0.1, 0.15) is 24.8 Å². The Labute approximate surface area is 134 Å². The predicted octanol–water partition coefficient (Wildman–Crippen LogP) is 0.0282. The number of carbonyl (C=O) groups is 3. The summed E-state index contributed by atoms with van der Waals surface area (Å²) in [6, 6.07) is -1.26. The molecule has 2 saturated heterocycles. The lowest BCUT2D eigenvalue weighted by Crippen LogP contribution is -2.43. The Balaban J connectivity index is 1.46. The van der Waals surface area contributed by atoms with Gasteiger partial charge in [0.05, 0.1) is 12.6 Å². The van der Waals surface area contributed by atoms with Gasteiger partial charge < -0.3 is 10.2 Å². The van der Waals surface area contributed by atoms with E-state index in [0.717, 1.165) is 24.9 Å². The molecule has 0 bridgehead atoms. The van der Waals surface area contributed by atoms with Gasteiger partial charge in [-0.3, -0.25) is 19.6 Å². The first-order valence-electron chi connectivity index (χ1n) is 7.89. The third kappa shape index (κ3) is 3.69. The van der Waals surface area contributed by atoms with E-state index in [1.807, 2.05) is 24.0 Å². The largest absolute Gasteiger partial charge is 0.343 e. The highest BCUT2D eigenvalue weighted by Crippen LogP contribution is 2.20. The Kier molecular flexibility index (Phi) is 4.31. The van der Waals surface area contributed by atoms with Crippen LogP contribution in [0.3, 0.4) is 0 Å². The van der Waals surface area contributed by atoms with E-state index in [2.05, 4.69) is 15.7 Å². The normalized spacial score (nSPS) is 22.1. The van der Waals surface area contributed by atoms with Gasteiger partial charge in [0.25, 0.3) is 5.91 Å². The van der Waals surface area contributed by atoms with Crippen LogP contribution in [-0.4, -0.2) is 51.7 Å². The van der Waals surface area contributed by atoms with Crippen LogP contribution in [0.25, 0.3) is 0 Å². The van der Waals surface area contributed by atoms with Crippen molar-refractivity contribution in [3.63, 3.8) is 0 Å². The summed E-state index contributed by atoms with van der Waals surface area (Å²) in [4.78, 5) is 36.6. The zero-order chi connectivity index (χ0) is 16.4. The van der Waals surface area contributed by atoms with Gasteiger partial charge >= 0.3 is 6.03 Å². The molecule has 124 valence electrons. The number of hydrogen-bond acceptors (Lipinski definition) is 4. The number of nitrogens with zero attached hydrogens (tertiary/aromatic N) is 3. The van der Waals surface area contributed by atoms with Gasteiger partial charge in [-0.25, -0.2) is 4.79 Å². The first kappa shape index (κ1) is 15.5. The number of aryl methyl sites for hydroxylation is 1. The molecular weight excluding hydrogens is 298 g/mol. The highest BCUT2D eigenvalue weighted by atomic mass is 16.2. The second-order valence-corrected chi connectivity index (χ2v) is 6.28. The Morgan fingerprint density at radius 2 is 2.09 bits per heavy atom. The maximum atomic E-state index is 12.3. The molecule has 3 heterocycles. The van der Waals surface area contributed by atoms with Gasteiger partial charge in [-0.05, 0) is 31.2 Å². The number of carbonyl (C=O) groups excluding carboxylic acids is 3. The van der Waals surface area contributed by atoms with Crippen LogP contribution in [0.4, 0.5) is 4.79 Å². The van der Waals surface area contributed by atoms with Gasteiger partial charge in [-0.15, -0.1) is 0 Å². The highest BCUT2D eigenvalue weighted by molar-refractivity contribution is 6.05. The molecule has 2 aliphatic heterocycles. The third-order valence-electron chi connectivity index (χ3n) is 4.41. The lowest BCUT2D eigenvalue weighted by molar-refractivity contribution is -0.135. The molecule has 0 aromatic carbocycles. The monoisotopic (exact) mass is 319 g/mol. The van der Waals surface area contributed by atoms with E-state index in [1.165, 1.54) is 0 Å². The Morgan fingerprint density at radius 3 is 2.65 bits per heavy atom. The predicted molar refractivity (Wildman–Crippen MR) is 81.3 cm³/mol. The fraction of sp³-hybridized carbons (Fsp3) is 0.600. The fourth-order valence-electron chi connectivity index (χ4n) is 3.10. The topological polar surface area (TPSA) is 96.3 Å². The van der Waals surface area contributed by atoms with E-state index in [4.69, 9.17) is 0 Å². The van der Waals surface area contributed by atoms with Gasteiger partial charge in [0.2, 0.25) is 5.91 Å². The van der Waals surface area contributed by atoms with Crippen LogP contribution in [-0.2, 0) is 16.1 Å². The summed E-state index contributed by atoms with van der Waals surface area (Å²) in [5.74, 6) is 0.000790. The number of aromatic nitrogens is 2. The molecule has 0 aliphatic carbocycles. The summed E-state index contributed by atoms with van der Waals surface area (Å²) in [6.07, 6.45) is 5.75. The standard InChI is InChI=1S/C15H21N5O3/c1-10-7-16-20(8-10)9-11-2-4-19(5-3-11)13(21)6-12-14(22)18-15(23)17-12/h7-8,11-12H,2-6,9H2,1H3,(H2,17,18,22,23)/t12-/m0/s1. The summed E-state index contributed by atoms with van der Waals surface area (Å²) >= 11 is 0. The summed E-state index contributed by atoms with van der Waals surface area (Å²) in [5.41, 5.74) is 1.15. The number of urea groups is 1. The Hall–Kier alpha value is -2.38. The lowest BCUT2D eigenvalue weighted by atomic mass is 9.96. The molecule has 0 spiro atoms. The van der Waals surface area contributed by atoms with E-state index >= 15 is 0 Å². The van der Waals surface area contributed by atoms with Gasteiger partial charge in [0.1, 0.15) is 6.04 Å². The van der Waals surface area contributed by atoms with Crippen LogP contribution < -0.4 is 10.6 Å². The SMILES string of the molecule is Cc1cnn(CC2CCN(C(=O)C[C@@H]3NC(=O)NC3=O)CC2)c1. The second-order valence-electron chi connectivity index (χ2n) is 6.28. The van der Waals surface area contributed by atoms with E-state index in [1.54, 1.807) is 4.90 Å². The highest BCUT2D eigenvalue weighted by Gasteiger charge is 2.33. The molecule has 8 nitrogen and oxygen atoms in total. The fourth-order valence-corrected chi connectivity index (χ4v) is 3.10. The van der Waals surface area contributed by atoms with E-state index < -0.39 is 18.0 Å². The van der Waals surface area contributed by atoms with E-state index in [-0.39, 0.29) is 12.3 Å². The minimum Gasteiger partial charge on any atom is -0.343 e. The zero-order valence-electron chi connectivity index (χ0n) is 13.1. The average Bonchev–Trinajstić information content (AvgIpc) is 3.05. The molecule has 0 saturated carbocycles. The molecule has 0 unspecified atom stereocenters. The van der Waals surface area contributed by atoms with Crippen molar-refractivity contribution in [1.29, 1.82) is 0 Å². The Bertz CT molecular complexity index is 618. The quantitative estimate of drug-likeness (QED) is 0.765. The van der Waals surface area contributed by atoms with Gasteiger partial charge in [-0.1, -0.05) is 0 Å². The summed E-state index contributed by atoms with van der Waals surface area (Å²) < 4.78 is 1.95. The van der Waals surface area contributed by atoms with Gasteiger partial charge in [0, 0.05) is 25.8 Å². The van der Waals surface area contributed by atoms with Crippen molar-refractivity contribution in [3.05, 3.63) is 18.0 Å². The molecule has 2 fully saturated rings. The van der Waals surface area contributed by atoms with Crippen LogP contribution in [0, 0.1) is 12.8 Å². The van der Waals surface area contributed by atoms with Crippen molar-refractivity contribution in [1.82, 2.24) is 25.3 Å². The molecule has 2 aliphatic rings. The first-order valence-corrected chi connectivity index (χ1v) is 7.89. The number of imide groups is 1. The van der Waals surface area contributed by atoms with Crippen LogP contribution >= 0.6 is 0 Å². The summed E-state index contributed by atoms with van der Waals surface area (Å²) in [5, 5.41) is 8.90. The van der Waals surface area contributed by atoms with E-state index in [9.17, 15) is 14.4 Å². The molecular formula is C15H21N5O3. The maximum absolute atomic E-state index is 12.3. The lowest BCUT2D eigenvalue weighted by Gasteiger charge is -2.32. The third-order valence-corrected chi connectivity index (χ3v) is 4.41. The second kappa shape index (κ2) is 6.39. The minimum absolute atomic E-state index is 0.0284. The molecule has 1 aromatic rings. The van der Waals surface area contributed by atoms with Gasteiger partial charge in [0.15, 0.2) is 0 Å². The molecule has 1 aromatic heterocycles. The smallest absolute Gasteiger partial charge is 0.322 e. The number of piperidine rings is 1. The number of hydrogen-bond donors (Lipinski definition) is 2. The Morgan fingerprint density at radius 1 is 1.35 bits per heavy atom. The van der Waals surface area contributed by atoms with Crippen molar-refractivity contribution in [2.24, 2.45) is 5.92 Å². The molecule has 23 heavy (non-hydrogen) atoms. The van der Waals surface area contributed by atoms with Crippen molar-refractivity contribution in [3.8, 4) is 0 Å². The van der Waals surface area contributed by atoms with E-state index in [0.29, 0.717) is 19.0 Å². The molecule has 8 heteroatoms. The molecule has 2 N–H and O–H groups in total. The zero-order valence-corrected chi connectivity index (χ0v) is 13.1. The van der Waals surface area contributed by atoms with Crippen LogP contribution in [0.5, 0.6) is 0 Å². The van der Waals surface area contributed by atoms with Crippen LogP contribution in [0.15, 0.2) is 12.4 Å². The molecule has 0 radical (unpaired) electrons. The molecule has 1 atom stereocenters. The molecule has 4 amide bonds.